The van der Waals surface area contributed by atoms with Gasteiger partial charge in [-0.1, -0.05) is 11.6 Å². The quantitative estimate of drug-likeness (QED) is 0.837. The van der Waals surface area contributed by atoms with Gasteiger partial charge in [-0.05, 0) is 18.2 Å². The van der Waals surface area contributed by atoms with Crippen molar-refractivity contribution in [3.8, 4) is 0 Å². The lowest BCUT2D eigenvalue weighted by atomic mass is 10.3. The molecule has 0 saturated heterocycles. The molecule has 0 aliphatic carbocycles. The van der Waals surface area contributed by atoms with Gasteiger partial charge in [0.05, 0.1) is 0 Å². The van der Waals surface area contributed by atoms with Crippen LogP contribution < -0.4 is 10.6 Å². The minimum Gasteiger partial charge on any atom is -0.357 e. The molecule has 1 heterocycles. The zero-order valence-electron chi connectivity index (χ0n) is 10.6. The lowest BCUT2D eigenvalue weighted by Crippen LogP contribution is -2.12. The summed E-state index contributed by atoms with van der Waals surface area (Å²) in [5, 5.41) is 5.09. The summed E-state index contributed by atoms with van der Waals surface area (Å²) in [4.78, 5) is 7.13. The van der Waals surface area contributed by atoms with Crippen LogP contribution in [-0.4, -0.2) is 17.0 Å². The Labute approximate surface area is 122 Å². The molecule has 0 spiro atoms. The van der Waals surface area contributed by atoms with Gasteiger partial charge in [0.25, 0.3) is 0 Å². The Kier molecular flexibility index (Phi) is 4.17. The summed E-state index contributed by atoms with van der Waals surface area (Å²) >= 11 is 5.67. The number of nitrogens with one attached hydrogen (secondary N) is 2. The molecule has 0 unspecified atom stereocenters. The van der Waals surface area contributed by atoms with Crippen LogP contribution in [0.1, 0.15) is 5.69 Å². The van der Waals surface area contributed by atoms with Gasteiger partial charge in [0, 0.05) is 23.8 Å². The first-order valence-electron chi connectivity index (χ1n) is 5.65. The molecule has 9 heteroatoms. The zero-order chi connectivity index (χ0) is 15.6. The Morgan fingerprint density at radius 1 is 1.10 bits per heavy atom. The molecule has 0 atom stereocenters. The highest BCUT2D eigenvalue weighted by Crippen LogP contribution is 2.30. The number of benzene rings is 1. The molecule has 4 nitrogen and oxygen atoms in total. The average molecular weight is 321 g/mol. The fourth-order valence-electron chi connectivity index (χ4n) is 1.54. The molecule has 0 aliphatic heterocycles. The number of nitrogens with zero attached hydrogens (tertiary/aromatic N) is 2. The van der Waals surface area contributed by atoms with Crippen molar-refractivity contribution in [1.29, 1.82) is 0 Å². The number of anilines is 3. The number of halogens is 5. The maximum atomic E-state index is 13.2. The molecule has 2 N–H and O–H groups in total. The monoisotopic (exact) mass is 320 g/mol. The predicted molar refractivity (Wildman–Crippen MR) is 71.3 cm³/mol. The average Bonchev–Trinajstić information content (AvgIpc) is 2.36. The van der Waals surface area contributed by atoms with E-state index in [2.05, 4.69) is 20.6 Å². The van der Waals surface area contributed by atoms with Gasteiger partial charge in [0.2, 0.25) is 5.95 Å². The normalized spacial score (nSPS) is 11.3. The van der Waals surface area contributed by atoms with Crippen molar-refractivity contribution < 1.29 is 17.6 Å². The fraction of sp³-hybridized carbons (Fsp3) is 0.167. The van der Waals surface area contributed by atoms with Crippen molar-refractivity contribution in [3.63, 3.8) is 0 Å². The Bertz CT molecular complexity index is 640. The Balaban J connectivity index is 2.39. The van der Waals surface area contributed by atoms with Crippen LogP contribution in [0.5, 0.6) is 0 Å². The van der Waals surface area contributed by atoms with Gasteiger partial charge in [0.15, 0.2) is 5.69 Å². The van der Waals surface area contributed by atoms with E-state index in [9.17, 15) is 17.6 Å². The maximum absolute atomic E-state index is 13.2. The van der Waals surface area contributed by atoms with Crippen LogP contribution in [-0.2, 0) is 6.18 Å². The van der Waals surface area contributed by atoms with Crippen molar-refractivity contribution in [1.82, 2.24) is 9.97 Å². The highest BCUT2D eigenvalue weighted by Gasteiger charge is 2.33. The number of rotatable bonds is 3. The first kappa shape index (κ1) is 15.3. The topological polar surface area (TPSA) is 49.8 Å². The number of aromatic nitrogens is 2. The van der Waals surface area contributed by atoms with Gasteiger partial charge in [-0.25, -0.2) is 9.37 Å². The summed E-state index contributed by atoms with van der Waals surface area (Å²) in [6, 6.07) is 4.24. The summed E-state index contributed by atoms with van der Waals surface area (Å²) in [6.07, 6.45) is -4.62. The second-order valence-corrected chi connectivity index (χ2v) is 4.43. The summed E-state index contributed by atoms with van der Waals surface area (Å²) < 4.78 is 51.4. The van der Waals surface area contributed by atoms with Crippen LogP contribution >= 0.6 is 11.6 Å². The van der Waals surface area contributed by atoms with Crippen molar-refractivity contribution in [2.75, 3.05) is 17.7 Å². The van der Waals surface area contributed by atoms with Crippen molar-refractivity contribution in [2.45, 2.75) is 6.18 Å². The van der Waals surface area contributed by atoms with E-state index in [0.717, 1.165) is 18.2 Å². The molecular weight excluding hydrogens is 312 g/mol. The molecule has 21 heavy (non-hydrogen) atoms. The van der Waals surface area contributed by atoms with E-state index >= 15 is 0 Å². The third-order valence-corrected chi connectivity index (χ3v) is 2.59. The third kappa shape index (κ3) is 3.94. The number of alkyl halides is 3. The van der Waals surface area contributed by atoms with Crippen molar-refractivity contribution >= 4 is 29.1 Å². The Morgan fingerprint density at radius 3 is 2.38 bits per heavy atom. The maximum Gasteiger partial charge on any atom is 0.433 e. The lowest BCUT2D eigenvalue weighted by Gasteiger charge is -2.11. The van der Waals surface area contributed by atoms with Crippen LogP contribution in [0.25, 0.3) is 0 Å². The van der Waals surface area contributed by atoms with Gasteiger partial charge in [-0.3, -0.25) is 0 Å². The molecule has 0 saturated carbocycles. The molecule has 0 aliphatic rings. The van der Waals surface area contributed by atoms with E-state index in [4.69, 9.17) is 11.6 Å². The molecule has 112 valence electrons. The molecular formula is C12H9ClF4N4. The van der Waals surface area contributed by atoms with Crippen LogP contribution in [0, 0.1) is 5.82 Å². The summed E-state index contributed by atoms with van der Waals surface area (Å²) in [6.45, 7) is 0. The highest BCUT2D eigenvalue weighted by atomic mass is 35.5. The lowest BCUT2D eigenvalue weighted by molar-refractivity contribution is -0.141. The Hall–Kier alpha value is -2.09. The number of hydrogen-bond donors (Lipinski definition) is 2. The summed E-state index contributed by atoms with van der Waals surface area (Å²) in [5.74, 6) is -0.970. The molecule has 2 aromatic rings. The summed E-state index contributed by atoms with van der Waals surface area (Å²) in [7, 11) is 1.39. The van der Waals surface area contributed by atoms with Gasteiger partial charge < -0.3 is 10.6 Å². The standard InChI is InChI=1S/C12H9ClF4N4/c1-18-11-20-9(12(15,16)17)5-10(21-11)19-8-3-6(13)2-7(14)4-8/h2-5H,1H3,(H2,18,19,20,21). The SMILES string of the molecule is CNc1nc(Nc2cc(F)cc(Cl)c2)cc(C(F)(F)F)n1. The van der Waals surface area contributed by atoms with Gasteiger partial charge in [-0.2, -0.15) is 18.2 Å². The minimum absolute atomic E-state index is 0.108. The van der Waals surface area contributed by atoms with Crippen LogP contribution in [0.3, 0.4) is 0 Å². The van der Waals surface area contributed by atoms with Crippen molar-refractivity contribution in [3.05, 3.63) is 40.8 Å². The predicted octanol–water partition coefficient (Wildman–Crippen LogP) is 4.07. The van der Waals surface area contributed by atoms with Crippen LogP contribution in [0.15, 0.2) is 24.3 Å². The largest absolute Gasteiger partial charge is 0.433 e. The first-order valence-corrected chi connectivity index (χ1v) is 6.03. The zero-order valence-corrected chi connectivity index (χ0v) is 11.3. The minimum atomic E-state index is -4.62. The van der Waals surface area contributed by atoms with Gasteiger partial charge in [-0.15, -0.1) is 0 Å². The van der Waals surface area contributed by atoms with Crippen LogP contribution in [0.4, 0.5) is 35.0 Å². The van der Waals surface area contributed by atoms with Crippen molar-refractivity contribution in [2.24, 2.45) is 0 Å². The fourth-order valence-corrected chi connectivity index (χ4v) is 1.76. The smallest absolute Gasteiger partial charge is 0.357 e. The molecule has 0 bridgehead atoms. The molecule has 0 amide bonds. The number of hydrogen-bond acceptors (Lipinski definition) is 4. The van der Waals surface area contributed by atoms with E-state index < -0.39 is 17.7 Å². The Morgan fingerprint density at radius 2 is 1.81 bits per heavy atom. The molecule has 0 fully saturated rings. The first-order chi connectivity index (χ1) is 9.77. The molecule has 2 rings (SSSR count). The van der Waals surface area contributed by atoms with Gasteiger partial charge in [0.1, 0.15) is 11.6 Å². The third-order valence-electron chi connectivity index (χ3n) is 2.38. The van der Waals surface area contributed by atoms with E-state index in [-0.39, 0.29) is 22.5 Å². The van der Waals surface area contributed by atoms with E-state index in [0.29, 0.717) is 0 Å². The summed E-state index contributed by atoms with van der Waals surface area (Å²) in [5.41, 5.74) is -0.944. The highest BCUT2D eigenvalue weighted by molar-refractivity contribution is 6.30. The second-order valence-electron chi connectivity index (χ2n) is 3.99. The molecule has 1 aromatic carbocycles. The van der Waals surface area contributed by atoms with E-state index in [1.807, 2.05) is 0 Å². The second kappa shape index (κ2) is 5.72. The molecule has 0 radical (unpaired) electrons. The van der Waals surface area contributed by atoms with Gasteiger partial charge >= 0.3 is 6.18 Å². The van der Waals surface area contributed by atoms with Crippen LogP contribution in [0.2, 0.25) is 5.02 Å². The molecule has 1 aromatic heterocycles. The van der Waals surface area contributed by atoms with E-state index in [1.54, 1.807) is 0 Å². The van der Waals surface area contributed by atoms with E-state index in [1.165, 1.54) is 13.1 Å².